The molecule has 2 aliphatic heterocycles. The van der Waals surface area contributed by atoms with Crippen molar-refractivity contribution in [3.8, 4) is 11.5 Å². The molecule has 216 valence electrons. The number of benzene rings is 2. The first-order valence-electron chi connectivity index (χ1n) is 14.4. The number of ether oxygens (including phenoxy) is 5. The van der Waals surface area contributed by atoms with E-state index in [-0.39, 0.29) is 17.9 Å². The van der Waals surface area contributed by atoms with Gasteiger partial charge in [0, 0.05) is 25.2 Å². The fourth-order valence-corrected chi connectivity index (χ4v) is 5.37. The van der Waals surface area contributed by atoms with Gasteiger partial charge in [-0.25, -0.2) is 0 Å². The monoisotopic (exact) mass is 558 g/mol. The fourth-order valence-electron chi connectivity index (χ4n) is 5.37. The average Bonchev–Trinajstić information content (AvgIpc) is 3.74. The number of carbonyl (C=O) groups is 1. The van der Waals surface area contributed by atoms with E-state index >= 15 is 0 Å². The van der Waals surface area contributed by atoms with Crippen molar-refractivity contribution in [3.63, 3.8) is 0 Å². The van der Waals surface area contributed by atoms with E-state index in [9.17, 15) is 4.79 Å². The molecule has 3 fully saturated rings. The highest BCUT2D eigenvalue weighted by Crippen LogP contribution is 2.40. The molecule has 0 N–H and O–H groups in total. The van der Waals surface area contributed by atoms with Crippen molar-refractivity contribution in [2.24, 2.45) is 0 Å². The van der Waals surface area contributed by atoms with Crippen LogP contribution in [-0.4, -0.2) is 61.1 Å². The maximum absolute atomic E-state index is 13.1. The van der Waals surface area contributed by atoms with Gasteiger partial charge in [0.25, 0.3) is 5.91 Å². The number of pyridine rings is 1. The third-order valence-electron chi connectivity index (χ3n) is 7.93. The smallest absolute Gasteiger partial charge is 0.272 e. The van der Waals surface area contributed by atoms with E-state index in [0.717, 1.165) is 22.6 Å². The molecule has 3 heterocycles. The van der Waals surface area contributed by atoms with Crippen molar-refractivity contribution in [2.75, 3.05) is 33.4 Å². The topological polar surface area (TPSA) is 79.4 Å². The van der Waals surface area contributed by atoms with Gasteiger partial charge in [-0.2, -0.15) is 0 Å². The van der Waals surface area contributed by atoms with Crippen LogP contribution in [0.4, 0.5) is 0 Å². The summed E-state index contributed by atoms with van der Waals surface area (Å²) in [6, 6.07) is 18.4. The second-order valence-electron chi connectivity index (χ2n) is 11.6. The molecule has 1 aliphatic carbocycles. The highest BCUT2D eigenvalue weighted by molar-refractivity contribution is 5.93. The van der Waals surface area contributed by atoms with Gasteiger partial charge in [0.05, 0.1) is 26.9 Å². The van der Waals surface area contributed by atoms with Crippen molar-refractivity contribution < 1.29 is 28.5 Å². The number of methoxy groups -OCH3 is 1. The second kappa shape index (κ2) is 11.8. The van der Waals surface area contributed by atoms with Crippen molar-refractivity contribution in [3.05, 3.63) is 88.7 Å². The Hall–Kier alpha value is -3.46. The molecule has 6 rings (SSSR count). The summed E-state index contributed by atoms with van der Waals surface area (Å²) in [4.78, 5) is 19.3. The minimum absolute atomic E-state index is 0.0722. The molecule has 3 aromatic rings. The normalized spacial score (nSPS) is 20.1. The summed E-state index contributed by atoms with van der Waals surface area (Å²) in [7, 11) is 1.66. The third kappa shape index (κ3) is 6.72. The van der Waals surface area contributed by atoms with Crippen molar-refractivity contribution in [1.82, 2.24) is 9.88 Å². The molecule has 0 radical (unpaired) electrons. The summed E-state index contributed by atoms with van der Waals surface area (Å²) < 4.78 is 28.9. The van der Waals surface area contributed by atoms with E-state index in [0.29, 0.717) is 56.7 Å². The van der Waals surface area contributed by atoms with E-state index in [1.54, 1.807) is 19.4 Å². The summed E-state index contributed by atoms with van der Waals surface area (Å²) in [5, 5.41) is 0. The van der Waals surface area contributed by atoms with Gasteiger partial charge in [-0.05, 0) is 79.1 Å². The summed E-state index contributed by atoms with van der Waals surface area (Å²) in [6.07, 6.45) is 4.18. The molecule has 1 saturated carbocycles. The molecule has 41 heavy (non-hydrogen) atoms. The molecule has 3 aliphatic rings. The van der Waals surface area contributed by atoms with Gasteiger partial charge in [0.15, 0.2) is 17.3 Å². The lowest BCUT2D eigenvalue weighted by molar-refractivity contribution is -0.145. The predicted octanol–water partition coefficient (Wildman–Crippen LogP) is 5.45. The Bertz CT molecular complexity index is 1360. The number of carbonyl (C=O) groups excluding carboxylic acids is 1. The van der Waals surface area contributed by atoms with Crippen LogP contribution in [0.1, 0.15) is 71.3 Å². The Kier molecular flexibility index (Phi) is 7.97. The Morgan fingerprint density at radius 3 is 2.44 bits per heavy atom. The van der Waals surface area contributed by atoms with E-state index in [1.807, 2.05) is 36.9 Å². The van der Waals surface area contributed by atoms with Crippen LogP contribution in [-0.2, 0) is 27.4 Å². The fraction of sp³-hybridized carbons (Fsp3) is 0.455. The van der Waals surface area contributed by atoms with Crippen LogP contribution in [0.25, 0.3) is 0 Å². The van der Waals surface area contributed by atoms with Gasteiger partial charge in [-0.1, -0.05) is 30.3 Å². The quantitative estimate of drug-likeness (QED) is 0.310. The Balaban J connectivity index is 0.990. The standard InChI is InChI=1S/C33H38N2O6/c1-33(2)40-21-28(41-33)20-38-18-23-12-13-34-29(14-23)32(36)35-16-27(17-35)26-10-11-30(31(15-26)37-3)39-19-22-4-6-24(7-5-22)25-8-9-25/h4-7,10-15,25,27-28H,8-9,16-21H2,1-3H3/t28-/m1/s1. The maximum Gasteiger partial charge on any atom is 0.272 e. The van der Waals surface area contributed by atoms with Crippen molar-refractivity contribution in [1.29, 1.82) is 0 Å². The number of rotatable bonds is 11. The van der Waals surface area contributed by atoms with Crippen LogP contribution in [0.5, 0.6) is 11.5 Å². The molecule has 2 saturated heterocycles. The number of hydrogen-bond donors (Lipinski definition) is 0. The molecule has 0 bridgehead atoms. The van der Waals surface area contributed by atoms with Gasteiger partial charge in [-0.3, -0.25) is 9.78 Å². The molecule has 0 spiro atoms. The Labute approximate surface area is 241 Å². The van der Waals surface area contributed by atoms with Gasteiger partial charge < -0.3 is 28.6 Å². The number of aromatic nitrogens is 1. The second-order valence-corrected chi connectivity index (χ2v) is 11.6. The summed E-state index contributed by atoms with van der Waals surface area (Å²) in [5.41, 5.74) is 5.02. The molecule has 2 aromatic carbocycles. The Morgan fingerprint density at radius 1 is 0.951 bits per heavy atom. The lowest BCUT2D eigenvalue weighted by atomic mass is 9.91. The predicted molar refractivity (Wildman–Crippen MR) is 153 cm³/mol. The molecule has 1 aromatic heterocycles. The van der Waals surface area contributed by atoms with Gasteiger partial charge in [0.2, 0.25) is 0 Å². The highest BCUT2D eigenvalue weighted by atomic mass is 16.7. The zero-order valence-electron chi connectivity index (χ0n) is 24.0. The first kappa shape index (κ1) is 27.7. The van der Waals surface area contributed by atoms with Crippen LogP contribution in [0.2, 0.25) is 0 Å². The lowest BCUT2D eigenvalue weighted by Gasteiger charge is -2.39. The van der Waals surface area contributed by atoms with Crippen LogP contribution < -0.4 is 9.47 Å². The molecule has 8 nitrogen and oxygen atoms in total. The van der Waals surface area contributed by atoms with Crippen molar-refractivity contribution in [2.45, 2.75) is 63.6 Å². The molecular formula is C33H38N2O6. The zero-order chi connectivity index (χ0) is 28.4. The molecule has 0 unspecified atom stereocenters. The van der Waals surface area contributed by atoms with Gasteiger partial charge in [0.1, 0.15) is 18.4 Å². The zero-order valence-corrected chi connectivity index (χ0v) is 24.0. The van der Waals surface area contributed by atoms with Crippen LogP contribution in [0.3, 0.4) is 0 Å². The van der Waals surface area contributed by atoms with E-state index < -0.39 is 5.79 Å². The third-order valence-corrected chi connectivity index (χ3v) is 7.93. The first-order valence-corrected chi connectivity index (χ1v) is 14.4. The Morgan fingerprint density at radius 2 is 1.73 bits per heavy atom. The van der Waals surface area contributed by atoms with Crippen LogP contribution in [0, 0.1) is 0 Å². The van der Waals surface area contributed by atoms with Gasteiger partial charge >= 0.3 is 0 Å². The molecule has 8 heteroatoms. The van der Waals surface area contributed by atoms with Crippen LogP contribution in [0.15, 0.2) is 60.8 Å². The van der Waals surface area contributed by atoms with E-state index in [2.05, 4.69) is 35.3 Å². The molecule has 1 amide bonds. The first-order chi connectivity index (χ1) is 19.9. The lowest BCUT2D eigenvalue weighted by Crippen LogP contribution is -2.48. The number of hydrogen-bond acceptors (Lipinski definition) is 7. The van der Waals surface area contributed by atoms with Gasteiger partial charge in [-0.15, -0.1) is 0 Å². The summed E-state index contributed by atoms with van der Waals surface area (Å²) in [6.45, 7) is 6.87. The minimum atomic E-state index is -0.567. The van der Waals surface area contributed by atoms with Crippen molar-refractivity contribution >= 4 is 5.91 Å². The number of likely N-dealkylation sites (tertiary alicyclic amines) is 1. The largest absolute Gasteiger partial charge is 0.493 e. The van der Waals surface area contributed by atoms with E-state index in [4.69, 9.17) is 23.7 Å². The SMILES string of the molecule is COc1cc(C2CN(C(=O)c3cc(COC[C@@H]4COC(C)(C)O4)ccn3)C2)ccc1OCc1ccc(C2CC2)cc1. The molecule has 1 atom stereocenters. The van der Waals surface area contributed by atoms with E-state index in [1.165, 1.54) is 18.4 Å². The highest BCUT2D eigenvalue weighted by Gasteiger charge is 2.34. The molecular weight excluding hydrogens is 520 g/mol. The number of amides is 1. The summed E-state index contributed by atoms with van der Waals surface area (Å²) >= 11 is 0. The minimum Gasteiger partial charge on any atom is -0.493 e. The number of nitrogens with zero attached hydrogens (tertiary/aromatic N) is 2. The van der Waals surface area contributed by atoms with Crippen LogP contribution >= 0.6 is 0 Å². The maximum atomic E-state index is 13.1. The summed E-state index contributed by atoms with van der Waals surface area (Å²) in [5.74, 6) is 1.77. The average molecular weight is 559 g/mol.